The summed E-state index contributed by atoms with van der Waals surface area (Å²) in [6.07, 6.45) is 5.36. The summed E-state index contributed by atoms with van der Waals surface area (Å²) in [7, 11) is 1.72. The van der Waals surface area contributed by atoms with Crippen molar-refractivity contribution in [3.63, 3.8) is 0 Å². The molecule has 1 aromatic heterocycles. The van der Waals surface area contributed by atoms with Gasteiger partial charge in [0.15, 0.2) is 0 Å². The first-order chi connectivity index (χ1) is 8.68. The molecule has 0 aromatic carbocycles. The lowest BCUT2D eigenvalue weighted by Gasteiger charge is -2.26. The summed E-state index contributed by atoms with van der Waals surface area (Å²) in [6, 6.07) is 0. The Hall–Kier alpha value is -1.56. The molecule has 18 heavy (non-hydrogen) atoms. The predicted octanol–water partition coefficient (Wildman–Crippen LogP) is 0.218. The zero-order chi connectivity index (χ0) is 13.0. The Balaban J connectivity index is 1.78. The molecule has 6 nitrogen and oxygen atoms in total. The van der Waals surface area contributed by atoms with Gasteiger partial charge in [-0.05, 0) is 25.9 Å². The molecule has 0 unspecified atom stereocenters. The number of piperidine rings is 1. The van der Waals surface area contributed by atoms with E-state index >= 15 is 0 Å². The van der Waals surface area contributed by atoms with Gasteiger partial charge in [-0.1, -0.05) is 6.42 Å². The molecule has 1 aliphatic heterocycles. The molecule has 6 heteroatoms. The summed E-state index contributed by atoms with van der Waals surface area (Å²) in [5.41, 5.74) is 6.56. The quantitative estimate of drug-likeness (QED) is 0.802. The van der Waals surface area contributed by atoms with Crippen molar-refractivity contribution >= 4 is 11.6 Å². The molecule has 1 saturated heterocycles. The molecule has 0 saturated carbocycles. The Bertz CT molecular complexity index is 389. The fourth-order valence-electron chi connectivity index (χ4n) is 2.33. The minimum Gasteiger partial charge on any atom is -0.396 e. The number of nitrogens with one attached hydrogen (secondary N) is 1. The number of aryl methyl sites for hydroxylation is 1. The van der Waals surface area contributed by atoms with Crippen molar-refractivity contribution in [2.75, 3.05) is 31.9 Å². The number of hydrogen-bond donors (Lipinski definition) is 2. The summed E-state index contributed by atoms with van der Waals surface area (Å²) in [5.74, 6) is -0.149. The van der Waals surface area contributed by atoms with Crippen LogP contribution in [0, 0.1) is 0 Å². The molecule has 0 radical (unpaired) electrons. The Labute approximate surface area is 107 Å². The highest BCUT2D eigenvalue weighted by molar-refractivity contribution is 5.97. The molecule has 1 amide bonds. The third kappa shape index (κ3) is 3.01. The number of nitrogens with zero attached hydrogens (tertiary/aromatic N) is 3. The summed E-state index contributed by atoms with van der Waals surface area (Å²) < 4.78 is 1.51. The number of rotatable bonds is 4. The number of aromatic nitrogens is 2. The van der Waals surface area contributed by atoms with E-state index in [1.807, 2.05) is 0 Å². The SMILES string of the molecule is Cn1ncc(N)c1C(=O)NCCN1CCCCC1. The molecular formula is C12H21N5O. The number of carbonyl (C=O) groups is 1. The zero-order valence-corrected chi connectivity index (χ0v) is 10.9. The second-order valence-corrected chi connectivity index (χ2v) is 4.73. The van der Waals surface area contributed by atoms with Crippen molar-refractivity contribution in [2.45, 2.75) is 19.3 Å². The highest BCUT2D eigenvalue weighted by Gasteiger charge is 2.15. The third-order valence-electron chi connectivity index (χ3n) is 3.34. The van der Waals surface area contributed by atoms with Gasteiger partial charge in [0.1, 0.15) is 5.69 Å². The maximum absolute atomic E-state index is 11.9. The minimum absolute atomic E-state index is 0.149. The first kappa shape index (κ1) is 12.9. The Kier molecular flexibility index (Phi) is 4.19. The molecule has 0 bridgehead atoms. The van der Waals surface area contributed by atoms with Crippen molar-refractivity contribution in [1.29, 1.82) is 0 Å². The molecule has 0 spiro atoms. The van der Waals surface area contributed by atoms with Gasteiger partial charge in [-0.25, -0.2) is 0 Å². The molecular weight excluding hydrogens is 230 g/mol. The van der Waals surface area contributed by atoms with Crippen LogP contribution in [-0.2, 0) is 7.05 Å². The van der Waals surface area contributed by atoms with Crippen LogP contribution in [0.1, 0.15) is 29.8 Å². The Morgan fingerprint density at radius 3 is 2.78 bits per heavy atom. The van der Waals surface area contributed by atoms with Gasteiger partial charge < -0.3 is 16.0 Å². The Morgan fingerprint density at radius 2 is 2.17 bits per heavy atom. The smallest absolute Gasteiger partial charge is 0.271 e. The van der Waals surface area contributed by atoms with Crippen molar-refractivity contribution in [2.24, 2.45) is 7.05 Å². The van der Waals surface area contributed by atoms with Crippen LogP contribution in [0.25, 0.3) is 0 Å². The van der Waals surface area contributed by atoms with E-state index in [0.717, 1.165) is 19.6 Å². The largest absolute Gasteiger partial charge is 0.396 e. The van der Waals surface area contributed by atoms with Crippen molar-refractivity contribution < 1.29 is 4.79 Å². The van der Waals surface area contributed by atoms with E-state index in [4.69, 9.17) is 5.73 Å². The molecule has 100 valence electrons. The van der Waals surface area contributed by atoms with Gasteiger partial charge in [-0.2, -0.15) is 5.10 Å². The lowest BCUT2D eigenvalue weighted by molar-refractivity contribution is 0.0938. The van der Waals surface area contributed by atoms with E-state index in [9.17, 15) is 4.79 Å². The van der Waals surface area contributed by atoms with Gasteiger partial charge in [-0.15, -0.1) is 0 Å². The van der Waals surface area contributed by atoms with Crippen LogP contribution in [-0.4, -0.2) is 46.8 Å². The first-order valence-corrected chi connectivity index (χ1v) is 6.46. The number of amides is 1. The lowest BCUT2D eigenvalue weighted by Crippen LogP contribution is -2.38. The second kappa shape index (κ2) is 5.86. The number of carbonyl (C=O) groups excluding carboxylic acids is 1. The van der Waals surface area contributed by atoms with Gasteiger partial charge in [0.25, 0.3) is 5.91 Å². The fraction of sp³-hybridized carbons (Fsp3) is 0.667. The van der Waals surface area contributed by atoms with E-state index in [1.165, 1.54) is 30.1 Å². The molecule has 1 aliphatic rings. The van der Waals surface area contributed by atoms with Crippen LogP contribution >= 0.6 is 0 Å². The van der Waals surface area contributed by atoms with Gasteiger partial charge in [-0.3, -0.25) is 9.48 Å². The van der Waals surface area contributed by atoms with Crippen LogP contribution in [0.5, 0.6) is 0 Å². The summed E-state index contributed by atoms with van der Waals surface area (Å²) in [6.45, 7) is 3.85. The van der Waals surface area contributed by atoms with Gasteiger partial charge in [0.2, 0.25) is 0 Å². The Morgan fingerprint density at radius 1 is 1.44 bits per heavy atom. The van der Waals surface area contributed by atoms with Crippen molar-refractivity contribution in [3.8, 4) is 0 Å². The van der Waals surface area contributed by atoms with Crippen LogP contribution in [0.15, 0.2) is 6.20 Å². The molecule has 2 heterocycles. The summed E-state index contributed by atoms with van der Waals surface area (Å²) >= 11 is 0. The fourth-order valence-corrected chi connectivity index (χ4v) is 2.33. The number of hydrogen-bond acceptors (Lipinski definition) is 4. The van der Waals surface area contributed by atoms with Crippen LogP contribution in [0.3, 0.4) is 0 Å². The zero-order valence-electron chi connectivity index (χ0n) is 10.9. The van der Waals surface area contributed by atoms with Crippen LogP contribution in [0.2, 0.25) is 0 Å². The molecule has 1 aromatic rings. The summed E-state index contributed by atoms with van der Waals surface area (Å²) in [5, 5.41) is 6.85. The van der Waals surface area contributed by atoms with E-state index < -0.39 is 0 Å². The average Bonchev–Trinajstić information content (AvgIpc) is 2.70. The highest BCUT2D eigenvalue weighted by Crippen LogP contribution is 2.09. The molecule has 2 rings (SSSR count). The van der Waals surface area contributed by atoms with Crippen molar-refractivity contribution in [3.05, 3.63) is 11.9 Å². The maximum Gasteiger partial charge on any atom is 0.271 e. The standard InChI is InChI=1S/C12H21N5O/c1-16-11(10(13)9-15-16)12(18)14-5-8-17-6-3-2-4-7-17/h9H,2-8,13H2,1H3,(H,14,18). The average molecular weight is 251 g/mol. The lowest BCUT2D eigenvalue weighted by atomic mass is 10.1. The van der Waals surface area contributed by atoms with Crippen LogP contribution in [0.4, 0.5) is 5.69 Å². The van der Waals surface area contributed by atoms with Gasteiger partial charge in [0.05, 0.1) is 11.9 Å². The normalized spacial score (nSPS) is 16.7. The van der Waals surface area contributed by atoms with Gasteiger partial charge in [0, 0.05) is 20.1 Å². The van der Waals surface area contributed by atoms with E-state index in [-0.39, 0.29) is 5.91 Å². The number of nitrogen functional groups attached to an aromatic ring is 1. The number of nitrogens with two attached hydrogens (primary N) is 1. The topological polar surface area (TPSA) is 76.2 Å². The van der Waals surface area contributed by atoms with Gasteiger partial charge >= 0.3 is 0 Å². The highest BCUT2D eigenvalue weighted by atomic mass is 16.2. The van der Waals surface area contributed by atoms with Crippen molar-refractivity contribution in [1.82, 2.24) is 20.0 Å². The van der Waals surface area contributed by atoms with E-state index in [0.29, 0.717) is 17.9 Å². The molecule has 0 atom stereocenters. The monoisotopic (exact) mass is 251 g/mol. The first-order valence-electron chi connectivity index (χ1n) is 6.46. The maximum atomic E-state index is 11.9. The summed E-state index contributed by atoms with van der Waals surface area (Å²) in [4.78, 5) is 14.3. The second-order valence-electron chi connectivity index (χ2n) is 4.73. The predicted molar refractivity (Wildman–Crippen MR) is 70.2 cm³/mol. The van der Waals surface area contributed by atoms with E-state index in [2.05, 4.69) is 15.3 Å². The van der Waals surface area contributed by atoms with Crippen LogP contribution < -0.4 is 11.1 Å². The molecule has 0 aliphatic carbocycles. The third-order valence-corrected chi connectivity index (χ3v) is 3.34. The molecule has 3 N–H and O–H groups in total. The van der Waals surface area contributed by atoms with E-state index in [1.54, 1.807) is 7.05 Å². The molecule has 1 fully saturated rings. The minimum atomic E-state index is -0.149. The number of likely N-dealkylation sites (tertiary alicyclic amines) is 1. The number of anilines is 1.